The molecular weight excluding hydrogens is 350 g/mol. The maximum atomic E-state index is 12.6. The third-order valence-electron chi connectivity index (χ3n) is 4.65. The molecule has 1 atom stereocenters. The molecule has 1 unspecified atom stereocenters. The van der Waals surface area contributed by atoms with Crippen molar-refractivity contribution in [3.8, 4) is 12.3 Å². The van der Waals surface area contributed by atoms with Gasteiger partial charge in [0.25, 0.3) is 5.69 Å². The summed E-state index contributed by atoms with van der Waals surface area (Å²) in [7, 11) is 1.73. The van der Waals surface area contributed by atoms with Gasteiger partial charge in [0, 0.05) is 42.4 Å². The summed E-state index contributed by atoms with van der Waals surface area (Å²) < 4.78 is 4.59. The van der Waals surface area contributed by atoms with Gasteiger partial charge < -0.3 is 15.4 Å². The minimum Gasteiger partial charge on any atom is -0.373 e. The average Bonchev–Trinajstić information content (AvgIpc) is 2.61. The van der Waals surface area contributed by atoms with Crippen LogP contribution < -0.4 is 5.73 Å². The van der Waals surface area contributed by atoms with Crippen molar-refractivity contribution in [2.45, 2.75) is 26.2 Å². The van der Waals surface area contributed by atoms with Crippen LogP contribution in [0.3, 0.4) is 0 Å². The molecule has 27 heavy (non-hydrogen) atoms. The van der Waals surface area contributed by atoms with Crippen LogP contribution in [0.1, 0.15) is 31.7 Å². The molecule has 0 spiro atoms. The summed E-state index contributed by atoms with van der Waals surface area (Å²) in [5.41, 5.74) is 7.10. The lowest BCUT2D eigenvalue weighted by molar-refractivity contribution is -0.385. The molecule has 0 aromatic heterocycles. The first kappa shape index (κ1) is 19.7. The third kappa shape index (κ3) is 3.67. The van der Waals surface area contributed by atoms with E-state index in [1.54, 1.807) is 31.0 Å². The lowest BCUT2D eigenvalue weighted by Gasteiger charge is -2.36. The zero-order chi connectivity index (χ0) is 20.3. The Kier molecular flexibility index (Phi) is 5.66. The van der Waals surface area contributed by atoms with Crippen molar-refractivity contribution >= 4 is 17.7 Å². The Labute approximate surface area is 156 Å². The number of nitro benzene ring substituents is 1. The predicted octanol–water partition coefficient (Wildman–Crippen LogP) is 2.82. The first-order valence-corrected chi connectivity index (χ1v) is 8.03. The largest absolute Gasteiger partial charge is 0.412 e. The molecule has 8 heteroatoms. The number of allylic oxidation sites excluding steroid dienone is 3. The number of esters is 1. The van der Waals surface area contributed by atoms with Crippen LogP contribution in [0.15, 0.2) is 46.8 Å². The maximum Gasteiger partial charge on any atom is 0.412 e. The first-order valence-electron chi connectivity index (χ1n) is 8.03. The lowest BCUT2D eigenvalue weighted by Crippen LogP contribution is -2.32. The Morgan fingerprint density at radius 1 is 1.33 bits per heavy atom. The van der Waals surface area contributed by atoms with Gasteiger partial charge in [-0.05, 0) is 19.4 Å². The number of carbonyl (C=O) groups is 2. The van der Waals surface area contributed by atoms with Crippen LogP contribution >= 0.6 is 0 Å². The van der Waals surface area contributed by atoms with E-state index in [1.165, 1.54) is 12.1 Å². The van der Waals surface area contributed by atoms with Crippen molar-refractivity contribution in [2.75, 3.05) is 7.05 Å². The van der Waals surface area contributed by atoms with Crippen molar-refractivity contribution in [3.05, 3.63) is 62.5 Å². The van der Waals surface area contributed by atoms with Crippen molar-refractivity contribution in [2.24, 2.45) is 5.73 Å². The summed E-state index contributed by atoms with van der Waals surface area (Å²) in [6.07, 6.45) is 4.40. The van der Waals surface area contributed by atoms with Gasteiger partial charge in [-0.1, -0.05) is 18.2 Å². The molecule has 1 aromatic rings. The van der Waals surface area contributed by atoms with E-state index < -0.39 is 22.9 Å². The number of rotatable bonds is 4. The van der Waals surface area contributed by atoms with E-state index in [4.69, 9.17) is 12.2 Å². The number of amides is 1. The third-order valence-corrected chi connectivity index (χ3v) is 4.65. The van der Waals surface area contributed by atoms with Gasteiger partial charge in [0.1, 0.15) is 0 Å². The van der Waals surface area contributed by atoms with E-state index >= 15 is 0 Å². The zero-order valence-electron chi connectivity index (χ0n) is 15.2. The normalized spacial score (nSPS) is 16.8. The Morgan fingerprint density at radius 3 is 2.52 bits per heavy atom. The van der Waals surface area contributed by atoms with Crippen molar-refractivity contribution in [1.82, 2.24) is 4.90 Å². The summed E-state index contributed by atoms with van der Waals surface area (Å²) in [5.74, 6) is 0.742. The summed E-state index contributed by atoms with van der Waals surface area (Å²) in [5, 5.41) is 11.5. The molecule has 0 saturated carbocycles. The molecule has 0 bridgehead atoms. The molecular formula is C19H19N3O5. The summed E-state index contributed by atoms with van der Waals surface area (Å²) in [6, 6.07) is 6.08. The standard InChI is InChI=1S/C19H19N3O5/c1-5-8-13-11(2)21(4)12(3)16(18(23)27-19(20)24)17(13)14-9-6-7-10-15(14)22(25)26/h1,6-7,9-10,17H,8H2,2-4H3,(H2,20,24). The predicted molar refractivity (Wildman–Crippen MR) is 98.1 cm³/mol. The molecule has 8 nitrogen and oxygen atoms in total. The van der Waals surface area contributed by atoms with Crippen molar-refractivity contribution in [3.63, 3.8) is 0 Å². The highest BCUT2D eigenvalue weighted by atomic mass is 16.6. The SMILES string of the molecule is C#CCC1=C(C)N(C)C(C)=C(C(=O)OC(N)=O)C1c1ccccc1[N+](=O)[O-]. The number of terminal acetylenes is 1. The lowest BCUT2D eigenvalue weighted by atomic mass is 9.78. The first-order chi connectivity index (χ1) is 12.7. The number of para-hydroxylation sites is 1. The van der Waals surface area contributed by atoms with Gasteiger partial charge in [-0.3, -0.25) is 10.1 Å². The van der Waals surface area contributed by atoms with Gasteiger partial charge in [0.05, 0.1) is 10.5 Å². The highest BCUT2D eigenvalue weighted by Crippen LogP contribution is 2.45. The maximum absolute atomic E-state index is 12.6. The smallest absolute Gasteiger partial charge is 0.373 e. The molecule has 1 aromatic carbocycles. The number of nitrogens with two attached hydrogens (primary N) is 1. The Morgan fingerprint density at radius 2 is 1.96 bits per heavy atom. The molecule has 1 aliphatic heterocycles. The van der Waals surface area contributed by atoms with Crippen LogP contribution in [0.2, 0.25) is 0 Å². The van der Waals surface area contributed by atoms with Gasteiger partial charge in [0.15, 0.2) is 0 Å². The van der Waals surface area contributed by atoms with Gasteiger partial charge >= 0.3 is 12.1 Å². The monoisotopic (exact) mass is 369 g/mol. The fraction of sp³-hybridized carbons (Fsp3) is 0.263. The quantitative estimate of drug-likeness (QED) is 0.287. The van der Waals surface area contributed by atoms with E-state index in [-0.39, 0.29) is 23.2 Å². The number of hydrogen-bond donors (Lipinski definition) is 1. The van der Waals surface area contributed by atoms with E-state index in [9.17, 15) is 19.7 Å². The number of benzene rings is 1. The van der Waals surface area contributed by atoms with E-state index in [2.05, 4.69) is 10.7 Å². The minimum absolute atomic E-state index is 0.0847. The second kappa shape index (κ2) is 7.74. The van der Waals surface area contributed by atoms with Crippen LogP contribution in [0.25, 0.3) is 0 Å². The average molecular weight is 369 g/mol. The molecule has 1 heterocycles. The van der Waals surface area contributed by atoms with E-state index in [0.717, 1.165) is 5.70 Å². The Hall–Kier alpha value is -3.60. The molecule has 0 fully saturated rings. The Balaban J connectivity index is 2.80. The summed E-state index contributed by atoms with van der Waals surface area (Å²) in [4.78, 5) is 36.5. The second-order valence-electron chi connectivity index (χ2n) is 6.01. The van der Waals surface area contributed by atoms with Gasteiger partial charge in [-0.2, -0.15) is 0 Å². The van der Waals surface area contributed by atoms with Gasteiger partial charge in [-0.25, -0.2) is 9.59 Å². The van der Waals surface area contributed by atoms with Crippen molar-refractivity contribution < 1.29 is 19.2 Å². The highest BCUT2D eigenvalue weighted by Gasteiger charge is 2.39. The van der Waals surface area contributed by atoms with E-state index in [0.29, 0.717) is 11.3 Å². The topological polar surface area (TPSA) is 116 Å². The zero-order valence-corrected chi connectivity index (χ0v) is 15.2. The number of carbonyl (C=O) groups excluding carboxylic acids is 2. The van der Waals surface area contributed by atoms with Gasteiger partial charge in [0.2, 0.25) is 0 Å². The summed E-state index contributed by atoms with van der Waals surface area (Å²) in [6.45, 7) is 3.48. The van der Waals surface area contributed by atoms with E-state index in [1.807, 2.05) is 6.92 Å². The van der Waals surface area contributed by atoms with Crippen molar-refractivity contribution in [1.29, 1.82) is 0 Å². The van der Waals surface area contributed by atoms with Gasteiger partial charge in [-0.15, -0.1) is 12.3 Å². The van der Waals surface area contributed by atoms with Crippen LogP contribution in [0.4, 0.5) is 10.5 Å². The number of ether oxygens (including phenoxy) is 1. The molecule has 1 amide bonds. The molecule has 0 saturated heterocycles. The highest BCUT2D eigenvalue weighted by molar-refractivity contribution is 5.98. The fourth-order valence-electron chi connectivity index (χ4n) is 3.23. The molecule has 2 N–H and O–H groups in total. The molecule has 140 valence electrons. The Bertz CT molecular complexity index is 924. The number of nitrogens with zero attached hydrogens (tertiary/aromatic N) is 2. The fourth-order valence-corrected chi connectivity index (χ4v) is 3.23. The number of primary amides is 1. The molecule has 1 aliphatic rings. The minimum atomic E-state index is -1.26. The van der Waals surface area contributed by atoms with Crippen LogP contribution in [0.5, 0.6) is 0 Å². The molecule has 0 aliphatic carbocycles. The number of hydrogen-bond acceptors (Lipinski definition) is 6. The summed E-state index contributed by atoms with van der Waals surface area (Å²) >= 11 is 0. The second-order valence-corrected chi connectivity index (χ2v) is 6.01. The van der Waals surface area contributed by atoms with Crippen LogP contribution in [-0.2, 0) is 9.53 Å². The molecule has 0 radical (unpaired) electrons. The van der Waals surface area contributed by atoms with Crippen LogP contribution in [0, 0.1) is 22.5 Å². The number of nitro groups is 1. The van der Waals surface area contributed by atoms with Crippen LogP contribution in [-0.4, -0.2) is 28.9 Å². The molecule has 2 rings (SSSR count).